The smallest absolute Gasteiger partial charge is 0.234 e. The number of aryl methyl sites for hydroxylation is 2. The maximum Gasteiger partial charge on any atom is 0.256 e. The van der Waals surface area contributed by atoms with E-state index in [0.29, 0.717) is 0 Å². The summed E-state index contributed by atoms with van der Waals surface area (Å²) in [6.45, 7) is 9.33. The molecule has 1 aromatic heterocycles. The van der Waals surface area contributed by atoms with Crippen molar-refractivity contribution in [2.75, 3.05) is 0 Å². The first-order valence-corrected chi connectivity index (χ1v) is 14.9. The lowest BCUT2D eigenvalue weighted by atomic mass is 10.0. The van der Waals surface area contributed by atoms with Crippen LogP contribution in [0.4, 0.5) is 0 Å². The van der Waals surface area contributed by atoms with Crippen LogP contribution in [0.15, 0.2) is 12.4 Å². The van der Waals surface area contributed by atoms with Crippen molar-refractivity contribution < 1.29 is 4.57 Å². The van der Waals surface area contributed by atoms with Gasteiger partial charge in [-0.25, -0.2) is 9.13 Å². The van der Waals surface area contributed by atoms with Gasteiger partial charge < -0.3 is 0 Å². The Bertz CT molecular complexity index is 505. The van der Waals surface area contributed by atoms with Crippen molar-refractivity contribution in [1.29, 1.82) is 0 Å². The van der Waals surface area contributed by atoms with Crippen molar-refractivity contribution in [2.45, 2.75) is 175 Å². The van der Waals surface area contributed by atoms with Gasteiger partial charge in [-0.15, -0.1) is 0 Å². The number of hydrogen-bond donors (Lipinski definition) is 0. The Kier molecular flexibility index (Phi) is 20.1. The summed E-state index contributed by atoms with van der Waals surface area (Å²) in [6, 6.07) is 0. The Morgan fingerprint density at radius 3 is 1.47 bits per heavy atom. The molecule has 0 atom stereocenters. The van der Waals surface area contributed by atoms with Crippen molar-refractivity contribution in [1.82, 2.24) is 4.57 Å². The lowest BCUT2D eigenvalue weighted by Gasteiger charge is -2.06. The summed E-state index contributed by atoms with van der Waals surface area (Å²) in [6.07, 6.45) is 35.6. The van der Waals surface area contributed by atoms with E-state index in [9.17, 15) is 0 Å². The third-order valence-electron chi connectivity index (χ3n) is 7.10. The molecule has 0 saturated heterocycles. The number of rotatable bonds is 24. The van der Waals surface area contributed by atoms with Gasteiger partial charge in [0.15, 0.2) is 0 Å². The van der Waals surface area contributed by atoms with Gasteiger partial charge in [-0.1, -0.05) is 130 Å². The number of imidazole rings is 1. The first-order chi connectivity index (χ1) is 15.8. The highest BCUT2D eigenvalue weighted by Crippen LogP contribution is 2.14. The van der Waals surface area contributed by atoms with Crippen LogP contribution in [0.5, 0.6) is 0 Å². The third-order valence-corrected chi connectivity index (χ3v) is 7.10. The van der Waals surface area contributed by atoms with Crippen molar-refractivity contribution in [3.63, 3.8) is 0 Å². The van der Waals surface area contributed by atoms with E-state index in [4.69, 9.17) is 0 Å². The fourth-order valence-corrected chi connectivity index (χ4v) is 4.88. The van der Waals surface area contributed by atoms with Crippen LogP contribution in [0.1, 0.15) is 161 Å². The summed E-state index contributed by atoms with van der Waals surface area (Å²) in [4.78, 5) is 0. The van der Waals surface area contributed by atoms with Gasteiger partial charge in [0.2, 0.25) is 0 Å². The number of unbranched alkanes of at least 4 members (excludes halogenated alkanes) is 18. The molecule has 0 bridgehead atoms. The van der Waals surface area contributed by atoms with Gasteiger partial charge in [0.1, 0.15) is 12.4 Å². The summed E-state index contributed by atoms with van der Waals surface area (Å²) in [5.41, 5.74) is 0. The minimum absolute atomic E-state index is 1.20. The van der Waals surface area contributed by atoms with E-state index in [-0.39, 0.29) is 0 Å². The molecule has 0 N–H and O–H groups in total. The van der Waals surface area contributed by atoms with Crippen LogP contribution < -0.4 is 4.57 Å². The molecule has 188 valence electrons. The fourth-order valence-electron chi connectivity index (χ4n) is 4.88. The van der Waals surface area contributed by atoms with Gasteiger partial charge in [-0.3, -0.25) is 0 Å². The summed E-state index contributed by atoms with van der Waals surface area (Å²) < 4.78 is 5.12. The molecule has 2 heteroatoms. The largest absolute Gasteiger partial charge is 0.256 e. The monoisotopic (exact) mass is 447 g/mol. The van der Waals surface area contributed by atoms with Crippen LogP contribution in [-0.2, 0) is 19.5 Å². The second-order valence-corrected chi connectivity index (χ2v) is 10.2. The van der Waals surface area contributed by atoms with E-state index in [2.05, 4.69) is 42.3 Å². The van der Waals surface area contributed by atoms with Gasteiger partial charge >= 0.3 is 0 Å². The second-order valence-electron chi connectivity index (χ2n) is 10.2. The lowest BCUT2D eigenvalue weighted by Crippen LogP contribution is -2.37. The quantitative estimate of drug-likeness (QED) is 0.110. The summed E-state index contributed by atoms with van der Waals surface area (Å²) >= 11 is 0. The van der Waals surface area contributed by atoms with E-state index in [1.54, 1.807) is 5.82 Å². The zero-order valence-electron chi connectivity index (χ0n) is 22.5. The van der Waals surface area contributed by atoms with Crippen LogP contribution in [0, 0.1) is 0 Å². The molecule has 1 rings (SSSR count). The van der Waals surface area contributed by atoms with E-state index in [0.717, 1.165) is 0 Å². The van der Waals surface area contributed by atoms with Crippen LogP contribution >= 0.6 is 0 Å². The molecule has 32 heavy (non-hydrogen) atoms. The van der Waals surface area contributed by atoms with Crippen LogP contribution in [0.3, 0.4) is 0 Å². The van der Waals surface area contributed by atoms with Crippen LogP contribution in [0.2, 0.25) is 0 Å². The molecular formula is C30H59N2+. The predicted molar refractivity (Wildman–Crippen MR) is 142 cm³/mol. The van der Waals surface area contributed by atoms with Crippen molar-refractivity contribution in [2.24, 2.45) is 0 Å². The highest BCUT2D eigenvalue weighted by Gasteiger charge is 2.16. The maximum atomic E-state index is 2.57. The van der Waals surface area contributed by atoms with Crippen LogP contribution in [-0.4, -0.2) is 4.57 Å². The normalized spacial score (nSPS) is 11.5. The molecule has 1 heterocycles. The maximum absolute atomic E-state index is 2.57. The SMILES string of the molecule is CCCCCCCCCCCCCCCCC[n+]1ccn(CCCC)c1CCCCCC. The van der Waals surface area contributed by atoms with Crippen molar-refractivity contribution >= 4 is 0 Å². The molecule has 0 amide bonds. The topological polar surface area (TPSA) is 8.81 Å². The molecule has 0 radical (unpaired) electrons. The highest BCUT2D eigenvalue weighted by atomic mass is 15.1. The minimum atomic E-state index is 1.20. The molecule has 1 aromatic rings. The van der Waals surface area contributed by atoms with Gasteiger partial charge in [0.25, 0.3) is 5.82 Å². The van der Waals surface area contributed by atoms with E-state index in [1.165, 1.54) is 154 Å². The Balaban J connectivity index is 2.07. The molecule has 0 fully saturated rings. The Labute approximate surface area is 202 Å². The number of nitrogens with zero attached hydrogens (tertiary/aromatic N) is 2. The standard InChI is InChI=1S/C30H59N2/c1-4-7-10-12-13-14-15-16-17-18-19-20-21-22-24-27-32-29-28-31(26-9-6-3)30(32)25-23-11-8-5-2/h28-29H,4-27H2,1-3H3/q+1. The molecule has 0 spiro atoms. The fraction of sp³-hybridized carbons (Fsp3) is 0.900. The minimum Gasteiger partial charge on any atom is -0.234 e. The van der Waals surface area contributed by atoms with Gasteiger partial charge in [0.05, 0.1) is 13.1 Å². The molecule has 0 aliphatic rings. The van der Waals surface area contributed by atoms with E-state index >= 15 is 0 Å². The van der Waals surface area contributed by atoms with Crippen molar-refractivity contribution in [3.8, 4) is 0 Å². The predicted octanol–water partition coefficient (Wildman–Crippen LogP) is 9.57. The molecule has 0 unspecified atom stereocenters. The molecule has 0 aromatic carbocycles. The third kappa shape index (κ3) is 15.1. The lowest BCUT2D eigenvalue weighted by molar-refractivity contribution is -0.704. The Hall–Kier alpha value is -0.790. The molecule has 0 aliphatic carbocycles. The summed E-state index contributed by atoms with van der Waals surface area (Å²) in [5.74, 6) is 1.58. The molecule has 2 nitrogen and oxygen atoms in total. The zero-order chi connectivity index (χ0) is 23.1. The van der Waals surface area contributed by atoms with Crippen molar-refractivity contribution in [3.05, 3.63) is 18.2 Å². The second kappa shape index (κ2) is 22.0. The first-order valence-electron chi connectivity index (χ1n) is 14.9. The number of hydrogen-bond acceptors (Lipinski definition) is 0. The zero-order valence-corrected chi connectivity index (χ0v) is 22.5. The van der Waals surface area contributed by atoms with E-state index < -0.39 is 0 Å². The summed E-state index contributed by atoms with van der Waals surface area (Å²) in [5, 5.41) is 0. The average Bonchev–Trinajstić information content (AvgIpc) is 3.19. The van der Waals surface area contributed by atoms with E-state index in [1.807, 2.05) is 0 Å². The number of aromatic nitrogens is 2. The average molecular weight is 448 g/mol. The van der Waals surface area contributed by atoms with Gasteiger partial charge in [-0.2, -0.15) is 0 Å². The molecule has 0 aliphatic heterocycles. The van der Waals surface area contributed by atoms with Gasteiger partial charge in [0, 0.05) is 6.42 Å². The summed E-state index contributed by atoms with van der Waals surface area (Å²) in [7, 11) is 0. The Morgan fingerprint density at radius 2 is 0.969 bits per heavy atom. The van der Waals surface area contributed by atoms with Crippen LogP contribution in [0.25, 0.3) is 0 Å². The Morgan fingerprint density at radius 1 is 0.531 bits per heavy atom. The molecule has 0 saturated carbocycles. The highest BCUT2D eigenvalue weighted by molar-refractivity contribution is 4.84. The first kappa shape index (κ1) is 29.2. The van der Waals surface area contributed by atoms with Gasteiger partial charge in [-0.05, 0) is 25.7 Å². The molecular weight excluding hydrogens is 388 g/mol.